The highest BCUT2D eigenvalue weighted by atomic mass is 19.4. The third kappa shape index (κ3) is 4.51. The first kappa shape index (κ1) is 19.0. The van der Waals surface area contributed by atoms with E-state index in [2.05, 4.69) is 42.6 Å². The van der Waals surface area contributed by atoms with Crippen LogP contribution in [0.3, 0.4) is 0 Å². The minimum Gasteiger partial charge on any atom is -0.406 e. The van der Waals surface area contributed by atoms with E-state index in [0.717, 1.165) is 5.82 Å². The summed E-state index contributed by atoms with van der Waals surface area (Å²) in [6.07, 6.45) is -1.14. The second kappa shape index (κ2) is 7.47. The van der Waals surface area contributed by atoms with Crippen molar-refractivity contribution >= 4 is 0 Å². The van der Waals surface area contributed by atoms with Crippen LogP contribution in [0.1, 0.15) is 40.9 Å². The summed E-state index contributed by atoms with van der Waals surface area (Å²) in [6.45, 7) is 6.67. The molecule has 2 aromatic carbocycles. The maximum absolute atomic E-state index is 12.4. The Morgan fingerprint density at radius 1 is 1.11 bits per heavy atom. The van der Waals surface area contributed by atoms with Gasteiger partial charge in [0.25, 0.3) is 0 Å². The van der Waals surface area contributed by atoms with Crippen molar-refractivity contribution in [2.45, 2.75) is 39.6 Å². The smallest absolute Gasteiger partial charge is 0.406 e. The van der Waals surface area contributed by atoms with Crippen LogP contribution >= 0.6 is 0 Å². The van der Waals surface area contributed by atoms with Gasteiger partial charge in [0.15, 0.2) is 0 Å². The monoisotopic (exact) mass is 374 g/mol. The number of nitrogens with zero attached hydrogens (tertiary/aromatic N) is 2. The summed E-state index contributed by atoms with van der Waals surface area (Å²) >= 11 is 0. The fraction of sp³-hybridized carbons (Fsp3) is 0.286. The number of rotatable bonds is 5. The molecule has 0 radical (unpaired) electrons. The zero-order chi connectivity index (χ0) is 19.6. The molecule has 3 rings (SSSR count). The first-order valence-corrected chi connectivity index (χ1v) is 8.66. The number of ether oxygens (including phenoxy) is 1. The molecule has 3 aromatic rings. The lowest BCUT2D eigenvalue weighted by molar-refractivity contribution is -0.274. The molecule has 0 amide bonds. The second-order valence-corrected chi connectivity index (χ2v) is 6.62. The van der Waals surface area contributed by atoms with Gasteiger partial charge in [-0.15, -0.1) is 13.2 Å². The molecule has 3 nitrogen and oxygen atoms in total. The number of aryl methyl sites for hydroxylation is 1. The van der Waals surface area contributed by atoms with E-state index in [-0.39, 0.29) is 11.7 Å². The van der Waals surface area contributed by atoms with Gasteiger partial charge in [0.05, 0.1) is 0 Å². The Morgan fingerprint density at radius 2 is 1.85 bits per heavy atom. The van der Waals surface area contributed by atoms with Crippen molar-refractivity contribution in [2.75, 3.05) is 0 Å². The molecule has 0 bridgehead atoms. The van der Waals surface area contributed by atoms with Crippen LogP contribution in [0.2, 0.25) is 0 Å². The molecular weight excluding hydrogens is 353 g/mol. The third-order valence-corrected chi connectivity index (χ3v) is 4.73. The van der Waals surface area contributed by atoms with Crippen molar-refractivity contribution in [3.63, 3.8) is 0 Å². The number of hydrogen-bond acceptors (Lipinski definition) is 2. The molecule has 1 aromatic heterocycles. The predicted octanol–water partition coefficient (Wildman–Crippen LogP) is 5.60. The molecule has 0 saturated carbocycles. The van der Waals surface area contributed by atoms with Crippen molar-refractivity contribution < 1.29 is 17.9 Å². The van der Waals surface area contributed by atoms with E-state index < -0.39 is 6.36 Å². The zero-order valence-electron chi connectivity index (χ0n) is 15.4. The summed E-state index contributed by atoms with van der Waals surface area (Å²) in [7, 11) is 0. The molecule has 27 heavy (non-hydrogen) atoms. The van der Waals surface area contributed by atoms with E-state index in [4.69, 9.17) is 0 Å². The van der Waals surface area contributed by atoms with Crippen molar-refractivity contribution in [1.29, 1.82) is 0 Å². The fourth-order valence-electron chi connectivity index (χ4n) is 3.25. The number of hydrogen-bond donors (Lipinski definition) is 0. The molecule has 0 aliphatic heterocycles. The molecule has 142 valence electrons. The third-order valence-electron chi connectivity index (χ3n) is 4.73. The standard InChI is InChI=1S/C21H21F3N2O/c1-14-6-4-9-19(15(14)2)16(3)20-25-10-11-26(20)13-17-7-5-8-18(12-17)27-21(22,23)24/h4-12,16H,13H2,1-3H3/t16-/m0/s1. The highest BCUT2D eigenvalue weighted by Crippen LogP contribution is 2.28. The Labute approximate surface area is 156 Å². The van der Waals surface area contributed by atoms with Gasteiger partial charge >= 0.3 is 6.36 Å². The maximum atomic E-state index is 12.4. The van der Waals surface area contributed by atoms with Crippen molar-refractivity contribution in [3.05, 3.63) is 82.9 Å². The predicted molar refractivity (Wildman–Crippen MR) is 97.9 cm³/mol. The summed E-state index contributed by atoms with van der Waals surface area (Å²) in [4.78, 5) is 4.49. The average molecular weight is 374 g/mol. The van der Waals surface area contributed by atoms with Crippen LogP contribution in [0.4, 0.5) is 13.2 Å². The van der Waals surface area contributed by atoms with Crippen LogP contribution in [0.25, 0.3) is 0 Å². The number of alkyl halides is 3. The van der Waals surface area contributed by atoms with Gasteiger partial charge in [0, 0.05) is 24.9 Å². The largest absolute Gasteiger partial charge is 0.573 e. The Bertz CT molecular complexity index is 931. The Kier molecular flexibility index (Phi) is 5.26. The van der Waals surface area contributed by atoms with E-state index in [1.54, 1.807) is 18.3 Å². The fourth-order valence-corrected chi connectivity index (χ4v) is 3.25. The van der Waals surface area contributed by atoms with Crippen molar-refractivity contribution in [1.82, 2.24) is 9.55 Å². The van der Waals surface area contributed by atoms with Crippen LogP contribution in [0, 0.1) is 13.8 Å². The van der Waals surface area contributed by atoms with Crippen LogP contribution in [0.15, 0.2) is 54.9 Å². The van der Waals surface area contributed by atoms with E-state index in [1.165, 1.54) is 28.8 Å². The molecule has 0 spiro atoms. The summed E-state index contributed by atoms with van der Waals surface area (Å²) in [5, 5.41) is 0. The second-order valence-electron chi connectivity index (χ2n) is 6.62. The lowest BCUT2D eigenvalue weighted by atomic mass is 9.93. The van der Waals surface area contributed by atoms with Gasteiger partial charge in [-0.3, -0.25) is 0 Å². The summed E-state index contributed by atoms with van der Waals surface area (Å²) < 4.78 is 43.3. The molecule has 1 atom stereocenters. The first-order chi connectivity index (χ1) is 12.7. The molecule has 6 heteroatoms. The zero-order valence-corrected chi connectivity index (χ0v) is 15.4. The van der Waals surface area contributed by atoms with Crippen molar-refractivity contribution in [3.8, 4) is 5.75 Å². The Balaban J connectivity index is 1.86. The van der Waals surface area contributed by atoms with Crippen LogP contribution in [0.5, 0.6) is 5.75 Å². The van der Waals surface area contributed by atoms with Gasteiger partial charge in [0.1, 0.15) is 11.6 Å². The van der Waals surface area contributed by atoms with Crippen LogP contribution < -0.4 is 4.74 Å². The molecule has 0 unspecified atom stereocenters. The van der Waals surface area contributed by atoms with E-state index in [1.807, 2.05) is 16.8 Å². The molecule has 0 aliphatic rings. The molecule has 0 saturated heterocycles. The molecular formula is C21H21F3N2O. The van der Waals surface area contributed by atoms with E-state index >= 15 is 0 Å². The van der Waals surface area contributed by atoms with Crippen LogP contribution in [-0.4, -0.2) is 15.9 Å². The SMILES string of the molecule is Cc1cccc([C@H](C)c2nccn2Cc2cccc(OC(F)(F)F)c2)c1C. The minimum absolute atomic E-state index is 0.0644. The molecule has 0 aliphatic carbocycles. The van der Waals surface area contributed by atoms with E-state index in [9.17, 15) is 13.2 Å². The lowest BCUT2D eigenvalue weighted by Gasteiger charge is -2.18. The van der Waals surface area contributed by atoms with Gasteiger partial charge in [-0.25, -0.2) is 4.98 Å². The van der Waals surface area contributed by atoms with Gasteiger partial charge in [-0.1, -0.05) is 37.3 Å². The summed E-state index contributed by atoms with van der Waals surface area (Å²) in [6, 6.07) is 12.2. The van der Waals surface area contributed by atoms with Gasteiger partial charge in [-0.2, -0.15) is 0 Å². The number of aromatic nitrogens is 2. The molecule has 0 N–H and O–H groups in total. The lowest BCUT2D eigenvalue weighted by Crippen LogP contribution is -2.17. The highest BCUT2D eigenvalue weighted by Gasteiger charge is 2.31. The molecule has 0 fully saturated rings. The van der Waals surface area contributed by atoms with Gasteiger partial charge < -0.3 is 9.30 Å². The Morgan fingerprint density at radius 3 is 2.59 bits per heavy atom. The maximum Gasteiger partial charge on any atom is 0.573 e. The summed E-state index contributed by atoms with van der Waals surface area (Å²) in [5.41, 5.74) is 4.34. The average Bonchev–Trinajstić information content (AvgIpc) is 3.03. The van der Waals surface area contributed by atoms with E-state index in [0.29, 0.717) is 12.1 Å². The van der Waals surface area contributed by atoms with Crippen LogP contribution in [-0.2, 0) is 6.54 Å². The number of imidazole rings is 1. The number of halogens is 3. The van der Waals surface area contributed by atoms with Crippen molar-refractivity contribution in [2.24, 2.45) is 0 Å². The quantitative estimate of drug-likeness (QED) is 0.581. The first-order valence-electron chi connectivity index (χ1n) is 8.66. The minimum atomic E-state index is -4.70. The summed E-state index contributed by atoms with van der Waals surface area (Å²) in [5.74, 6) is 0.713. The number of benzene rings is 2. The van der Waals surface area contributed by atoms with Gasteiger partial charge in [-0.05, 0) is 48.2 Å². The Hall–Kier alpha value is -2.76. The normalized spacial score (nSPS) is 12.8. The van der Waals surface area contributed by atoms with Gasteiger partial charge in [0.2, 0.25) is 0 Å². The molecule has 1 heterocycles. The highest BCUT2D eigenvalue weighted by molar-refractivity contribution is 5.38. The topological polar surface area (TPSA) is 27.1 Å².